The van der Waals surface area contributed by atoms with E-state index in [2.05, 4.69) is 53.7 Å². The Morgan fingerprint density at radius 2 is 2.22 bits per heavy atom. The number of rotatable bonds is 6. The van der Waals surface area contributed by atoms with E-state index >= 15 is 0 Å². The molecule has 0 saturated heterocycles. The predicted octanol–water partition coefficient (Wildman–Crippen LogP) is 2.90. The van der Waals surface area contributed by atoms with E-state index in [4.69, 9.17) is 0 Å². The summed E-state index contributed by atoms with van der Waals surface area (Å²) in [6, 6.07) is 0. The summed E-state index contributed by atoms with van der Waals surface area (Å²) in [6.07, 6.45) is 3.32. The van der Waals surface area contributed by atoms with Gasteiger partial charge in [-0.15, -0.1) is 6.58 Å². The fourth-order valence-corrected chi connectivity index (χ4v) is 1.79. The van der Waals surface area contributed by atoms with Gasteiger partial charge in [-0.05, 0) is 27.8 Å². The Morgan fingerprint density at radius 1 is 1.56 bits per heavy atom. The molecular formula is C13H20BrN3O. The first-order valence-corrected chi connectivity index (χ1v) is 6.87. The van der Waals surface area contributed by atoms with Crippen molar-refractivity contribution >= 4 is 21.6 Å². The molecule has 5 heteroatoms. The molecule has 1 rings (SSSR count). The van der Waals surface area contributed by atoms with Gasteiger partial charge in [-0.2, -0.15) is 5.10 Å². The van der Waals surface area contributed by atoms with E-state index in [9.17, 15) is 4.79 Å². The van der Waals surface area contributed by atoms with Crippen LogP contribution < -0.4 is 10.9 Å². The molecule has 0 aliphatic carbocycles. The maximum Gasteiger partial charge on any atom is 0.283 e. The molecule has 0 spiro atoms. The van der Waals surface area contributed by atoms with E-state index in [1.807, 2.05) is 0 Å². The van der Waals surface area contributed by atoms with Gasteiger partial charge in [-0.25, -0.2) is 4.68 Å². The molecule has 1 unspecified atom stereocenters. The van der Waals surface area contributed by atoms with Gasteiger partial charge in [0.15, 0.2) is 0 Å². The van der Waals surface area contributed by atoms with Crippen LogP contribution in [0.5, 0.6) is 0 Å². The smallest absolute Gasteiger partial charge is 0.283 e. The standard InChI is InChI=1S/C13H20BrN3O/c1-5-6-17-13(18)12(14)11(8-16-17)15-7-10(4)9(2)3/h5,8-10,15H,1,6-7H2,2-4H3. The summed E-state index contributed by atoms with van der Waals surface area (Å²) in [7, 11) is 0. The van der Waals surface area contributed by atoms with Crippen LogP contribution in [0.25, 0.3) is 0 Å². The van der Waals surface area contributed by atoms with Gasteiger partial charge in [0.2, 0.25) is 0 Å². The second-order valence-electron chi connectivity index (χ2n) is 4.75. The molecule has 0 amide bonds. The lowest BCUT2D eigenvalue weighted by atomic mass is 9.98. The van der Waals surface area contributed by atoms with Gasteiger partial charge in [-0.1, -0.05) is 26.8 Å². The van der Waals surface area contributed by atoms with E-state index in [1.54, 1.807) is 12.3 Å². The van der Waals surface area contributed by atoms with Crippen LogP contribution in [-0.2, 0) is 6.54 Å². The minimum absolute atomic E-state index is 0.142. The predicted molar refractivity (Wildman–Crippen MR) is 78.9 cm³/mol. The highest BCUT2D eigenvalue weighted by atomic mass is 79.9. The summed E-state index contributed by atoms with van der Waals surface area (Å²) in [5.41, 5.74) is 0.602. The van der Waals surface area contributed by atoms with Crippen molar-refractivity contribution in [2.75, 3.05) is 11.9 Å². The highest BCUT2D eigenvalue weighted by Gasteiger charge is 2.11. The van der Waals surface area contributed by atoms with E-state index in [0.717, 1.165) is 12.2 Å². The molecule has 1 aromatic rings. The third-order valence-corrected chi connectivity index (χ3v) is 3.81. The zero-order valence-corrected chi connectivity index (χ0v) is 12.7. The summed E-state index contributed by atoms with van der Waals surface area (Å²) in [5, 5.41) is 7.35. The largest absolute Gasteiger partial charge is 0.382 e. The number of nitrogens with one attached hydrogen (secondary N) is 1. The van der Waals surface area contributed by atoms with Gasteiger partial charge in [0, 0.05) is 6.54 Å². The van der Waals surface area contributed by atoms with Crippen LogP contribution in [0, 0.1) is 11.8 Å². The number of nitrogens with zero attached hydrogens (tertiary/aromatic N) is 2. The van der Waals surface area contributed by atoms with E-state index in [-0.39, 0.29) is 5.56 Å². The Bertz CT molecular complexity index is 468. The molecule has 1 atom stereocenters. The molecule has 1 N–H and O–H groups in total. The third kappa shape index (κ3) is 3.70. The SMILES string of the molecule is C=CCn1ncc(NCC(C)C(C)C)c(Br)c1=O. The van der Waals surface area contributed by atoms with Crippen LogP contribution in [0.2, 0.25) is 0 Å². The molecule has 0 aliphatic heterocycles. The monoisotopic (exact) mass is 313 g/mol. The highest BCUT2D eigenvalue weighted by Crippen LogP contribution is 2.18. The van der Waals surface area contributed by atoms with Crippen molar-refractivity contribution in [1.29, 1.82) is 0 Å². The van der Waals surface area contributed by atoms with Crippen LogP contribution in [0.15, 0.2) is 28.1 Å². The summed E-state index contributed by atoms with van der Waals surface area (Å²) in [5.74, 6) is 1.14. The Hall–Kier alpha value is -1.10. The van der Waals surface area contributed by atoms with Gasteiger partial charge in [-0.3, -0.25) is 4.79 Å². The van der Waals surface area contributed by atoms with Crippen LogP contribution in [0.3, 0.4) is 0 Å². The first-order valence-electron chi connectivity index (χ1n) is 6.07. The summed E-state index contributed by atoms with van der Waals surface area (Å²) in [4.78, 5) is 11.9. The number of halogens is 1. The number of allylic oxidation sites excluding steroid dienone is 1. The van der Waals surface area contributed by atoms with Crippen molar-refractivity contribution in [3.05, 3.63) is 33.7 Å². The minimum atomic E-state index is -0.142. The van der Waals surface area contributed by atoms with Crippen molar-refractivity contribution in [2.45, 2.75) is 27.3 Å². The van der Waals surface area contributed by atoms with Crippen molar-refractivity contribution in [2.24, 2.45) is 11.8 Å². The number of hydrogen-bond acceptors (Lipinski definition) is 3. The van der Waals surface area contributed by atoms with Crippen molar-refractivity contribution < 1.29 is 0 Å². The Morgan fingerprint density at radius 3 is 2.78 bits per heavy atom. The molecule has 0 aliphatic rings. The molecule has 0 bridgehead atoms. The minimum Gasteiger partial charge on any atom is -0.382 e. The van der Waals surface area contributed by atoms with Crippen molar-refractivity contribution in [3.8, 4) is 0 Å². The topological polar surface area (TPSA) is 46.9 Å². The van der Waals surface area contributed by atoms with E-state index in [1.165, 1.54) is 4.68 Å². The molecule has 0 saturated carbocycles. The van der Waals surface area contributed by atoms with Crippen LogP contribution in [-0.4, -0.2) is 16.3 Å². The zero-order chi connectivity index (χ0) is 13.7. The van der Waals surface area contributed by atoms with E-state index < -0.39 is 0 Å². The normalized spacial score (nSPS) is 12.5. The summed E-state index contributed by atoms with van der Waals surface area (Å²) in [6.45, 7) is 11.4. The lowest BCUT2D eigenvalue weighted by molar-refractivity contribution is 0.439. The van der Waals surface area contributed by atoms with Crippen molar-refractivity contribution in [3.63, 3.8) is 0 Å². The van der Waals surface area contributed by atoms with Gasteiger partial charge in [0.25, 0.3) is 5.56 Å². The first-order chi connectivity index (χ1) is 8.47. The quantitative estimate of drug-likeness (QED) is 0.821. The third-order valence-electron chi connectivity index (χ3n) is 3.04. The molecule has 4 nitrogen and oxygen atoms in total. The molecule has 1 heterocycles. The molecular weight excluding hydrogens is 294 g/mol. The molecule has 0 radical (unpaired) electrons. The highest BCUT2D eigenvalue weighted by molar-refractivity contribution is 9.10. The average Bonchev–Trinajstić information content (AvgIpc) is 2.33. The lowest BCUT2D eigenvalue weighted by Gasteiger charge is -2.17. The molecule has 0 aromatic carbocycles. The maximum absolute atomic E-state index is 11.9. The fourth-order valence-electron chi connectivity index (χ4n) is 1.35. The lowest BCUT2D eigenvalue weighted by Crippen LogP contribution is -2.25. The molecule has 1 aromatic heterocycles. The van der Waals surface area contributed by atoms with Crippen molar-refractivity contribution in [1.82, 2.24) is 9.78 Å². The average molecular weight is 314 g/mol. The van der Waals surface area contributed by atoms with Gasteiger partial charge in [0.1, 0.15) is 4.47 Å². The Labute approximate surface area is 116 Å². The van der Waals surface area contributed by atoms with E-state index in [0.29, 0.717) is 22.9 Å². The first kappa shape index (κ1) is 15.0. The number of hydrogen-bond donors (Lipinski definition) is 1. The van der Waals surface area contributed by atoms with Gasteiger partial charge in [0.05, 0.1) is 18.4 Å². The van der Waals surface area contributed by atoms with Gasteiger partial charge < -0.3 is 5.32 Å². The number of anilines is 1. The molecule has 100 valence electrons. The molecule has 0 fully saturated rings. The van der Waals surface area contributed by atoms with Gasteiger partial charge >= 0.3 is 0 Å². The fraction of sp³-hybridized carbons (Fsp3) is 0.538. The second kappa shape index (κ2) is 6.73. The van der Waals surface area contributed by atoms with Crippen LogP contribution >= 0.6 is 15.9 Å². The Kier molecular flexibility index (Phi) is 5.59. The number of aromatic nitrogens is 2. The molecule has 18 heavy (non-hydrogen) atoms. The van der Waals surface area contributed by atoms with Crippen LogP contribution in [0.1, 0.15) is 20.8 Å². The summed E-state index contributed by atoms with van der Waals surface area (Å²) < 4.78 is 1.89. The second-order valence-corrected chi connectivity index (χ2v) is 5.54. The maximum atomic E-state index is 11.9. The Balaban J connectivity index is 2.82. The zero-order valence-electron chi connectivity index (χ0n) is 11.1. The van der Waals surface area contributed by atoms with Crippen LogP contribution in [0.4, 0.5) is 5.69 Å². The summed E-state index contributed by atoms with van der Waals surface area (Å²) >= 11 is 3.32.